The molecule has 0 bridgehead atoms. The van der Waals surface area contributed by atoms with Gasteiger partial charge in [-0.2, -0.15) is 0 Å². The molecule has 4 rings (SSSR count). The standard InChI is InChI=1S/C29H41N5O3/c1-29(2,3)37-28(36)33-20-24(21-33)34-19-22(25-14-8-9-15-26(25)34)12-7-5-6-10-17-31-27(35)32(4)23-13-11-16-30-18-23/h8-9,11,13-16,18,22,24H,5-7,10,12,17,19-21H2,1-4H3,(H,31,35). The van der Waals surface area contributed by atoms with E-state index >= 15 is 0 Å². The smallest absolute Gasteiger partial charge is 0.410 e. The Labute approximate surface area is 221 Å². The number of anilines is 2. The molecule has 1 N–H and O–H groups in total. The summed E-state index contributed by atoms with van der Waals surface area (Å²) in [6, 6.07) is 12.7. The highest BCUT2D eigenvalue weighted by atomic mass is 16.6. The molecule has 0 aliphatic carbocycles. The van der Waals surface area contributed by atoms with Gasteiger partial charge in [-0.1, -0.05) is 37.5 Å². The van der Waals surface area contributed by atoms with E-state index in [-0.39, 0.29) is 12.1 Å². The molecular weight excluding hydrogens is 466 g/mol. The van der Waals surface area contributed by atoms with E-state index in [0.717, 1.165) is 51.0 Å². The van der Waals surface area contributed by atoms with Crippen molar-refractivity contribution in [2.45, 2.75) is 70.4 Å². The van der Waals surface area contributed by atoms with Gasteiger partial charge in [0.15, 0.2) is 0 Å². The van der Waals surface area contributed by atoms with Crippen LogP contribution in [0, 0.1) is 0 Å². The molecule has 1 saturated heterocycles. The number of hydrogen-bond donors (Lipinski definition) is 1. The third-order valence-corrected chi connectivity index (χ3v) is 7.15. The van der Waals surface area contributed by atoms with E-state index in [4.69, 9.17) is 4.74 Å². The number of para-hydroxylation sites is 1. The molecule has 1 atom stereocenters. The van der Waals surface area contributed by atoms with Crippen LogP contribution in [-0.4, -0.2) is 66.9 Å². The van der Waals surface area contributed by atoms with Crippen molar-refractivity contribution in [2.24, 2.45) is 0 Å². The molecule has 0 spiro atoms. The summed E-state index contributed by atoms with van der Waals surface area (Å²) in [5, 5.41) is 3.00. The average molecular weight is 508 g/mol. The number of urea groups is 1. The van der Waals surface area contributed by atoms with E-state index in [9.17, 15) is 9.59 Å². The lowest BCUT2D eigenvalue weighted by atomic mass is 9.95. The number of nitrogens with one attached hydrogen (secondary N) is 1. The van der Waals surface area contributed by atoms with E-state index in [1.54, 1.807) is 29.2 Å². The van der Waals surface area contributed by atoms with Crippen molar-refractivity contribution >= 4 is 23.5 Å². The van der Waals surface area contributed by atoms with Crippen molar-refractivity contribution in [3.05, 3.63) is 54.4 Å². The Kier molecular flexibility index (Phi) is 8.56. The summed E-state index contributed by atoms with van der Waals surface area (Å²) in [5.74, 6) is 0.527. The molecule has 8 heteroatoms. The summed E-state index contributed by atoms with van der Waals surface area (Å²) in [6.07, 6.45) is 8.73. The number of rotatable bonds is 9. The molecule has 1 unspecified atom stereocenters. The topological polar surface area (TPSA) is 78.0 Å². The third-order valence-electron chi connectivity index (χ3n) is 7.15. The predicted octanol–water partition coefficient (Wildman–Crippen LogP) is 5.40. The number of fused-ring (bicyclic) bond motifs is 1. The van der Waals surface area contributed by atoms with E-state index in [0.29, 0.717) is 18.5 Å². The van der Waals surface area contributed by atoms with Crippen LogP contribution >= 0.6 is 0 Å². The minimum Gasteiger partial charge on any atom is -0.444 e. The molecule has 37 heavy (non-hydrogen) atoms. The maximum absolute atomic E-state index is 12.4. The predicted molar refractivity (Wildman–Crippen MR) is 147 cm³/mol. The first kappa shape index (κ1) is 26.8. The van der Waals surface area contributed by atoms with Crippen LogP contribution in [0.3, 0.4) is 0 Å². The molecule has 3 heterocycles. The fourth-order valence-electron chi connectivity index (χ4n) is 5.10. The van der Waals surface area contributed by atoms with Crippen molar-refractivity contribution in [3.8, 4) is 0 Å². The highest BCUT2D eigenvalue weighted by Gasteiger charge is 2.41. The number of pyridine rings is 1. The van der Waals surface area contributed by atoms with Gasteiger partial charge in [0.25, 0.3) is 0 Å². The third kappa shape index (κ3) is 6.93. The van der Waals surface area contributed by atoms with Gasteiger partial charge in [0.05, 0.1) is 17.9 Å². The van der Waals surface area contributed by atoms with Crippen LogP contribution in [0.4, 0.5) is 21.0 Å². The summed E-state index contributed by atoms with van der Waals surface area (Å²) in [6.45, 7) is 8.85. The summed E-state index contributed by atoms with van der Waals surface area (Å²) < 4.78 is 5.52. The van der Waals surface area contributed by atoms with E-state index in [1.165, 1.54) is 17.7 Å². The Morgan fingerprint density at radius 2 is 1.81 bits per heavy atom. The number of nitrogens with zero attached hydrogens (tertiary/aromatic N) is 4. The molecule has 2 aliphatic heterocycles. The fraction of sp³-hybridized carbons (Fsp3) is 0.552. The van der Waals surface area contributed by atoms with Crippen molar-refractivity contribution < 1.29 is 14.3 Å². The Hall–Kier alpha value is -3.29. The molecule has 2 aliphatic rings. The van der Waals surface area contributed by atoms with Gasteiger partial charge in [-0.25, -0.2) is 9.59 Å². The second-order valence-corrected chi connectivity index (χ2v) is 11.2. The second kappa shape index (κ2) is 11.8. The zero-order chi connectivity index (χ0) is 26.4. The van der Waals surface area contributed by atoms with Crippen LogP contribution in [0.2, 0.25) is 0 Å². The molecule has 1 fully saturated rings. The van der Waals surface area contributed by atoms with Crippen LogP contribution in [-0.2, 0) is 4.74 Å². The highest BCUT2D eigenvalue weighted by molar-refractivity contribution is 5.91. The lowest BCUT2D eigenvalue weighted by Crippen LogP contribution is -2.61. The lowest BCUT2D eigenvalue weighted by molar-refractivity contribution is 0.00819. The molecule has 8 nitrogen and oxygen atoms in total. The van der Waals surface area contributed by atoms with Gasteiger partial charge in [-0.05, 0) is 57.4 Å². The normalized spacial score (nSPS) is 17.2. The van der Waals surface area contributed by atoms with Crippen molar-refractivity contribution in [3.63, 3.8) is 0 Å². The first-order chi connectivity index (χ1) is 17.7. The van der Waals surface area contributed by atoms with Gasteiger partial charge in [0.1, 0.15) is 5.60 Å². The Balaban J connectivity index is 1.16. The summed E-state index contributed by atoms with van der Waals surface area (Å²) in [7, 11) is 1.76. The molecule has 1 aromatic carbocycles. The number of unbranched alkanes of at least 4 members (excludes halogenated alkanes) is 3. The quantitative estimate of drug-likeness (QED) is 0.460. The number of benzene rings is 1. The molecule has 2 aromatic rings. The number of aromatic nitrogens is 1. The molecule has 3 amide bonds. The molecule has 1 aromatic heterocycles. The van der Waals surface area contributed by atoms with Gasteiger partial charge in [-0.15, -0.1) is 0 Å². The first-order valence-electron chi connectivity index (χ1n) is 13.5. The number of amides is 3. The zero-order valence-electron chi connectivity index (χ0n) is 22.7. The van der Waals surface area contributed by atoms with Crippen LogP contribution in [0.1, 0.15) is 64.4 Å². The van der Waals surface area contributed by atoms with Gasteiger partial charge in [0.2, 0.25) is 0 Å². The minimum atomic E-state index is -0.463. The average Bonchev–Trinajstić information content (AvgIpc) is 3.19. The van der Waals surface area contributed by atoms with Gasteiger partial charge in [0, 0.05) is 51.0 Å². The molecule has 0 saturated carbocycles. The van der Waals surface area contributed by atoms with Crippen molar-refractivity contribution in [2.75, 3.05) is 43.0 Å². The van der Waals surface area contributed by atoms with E-state index in [1.807, 2.05) is 32.9 Å². The molecule has 0 radical (unpaired) electrons. The first-order valence-corrected chi connectivity index (χ1v) is 13.5. The Bertz CT molecular complexity index is 1050. The largest absolute Gasteiger partial charge is 0.444 e. The van der Waals surface area contributed by atoms with Crippen LogP contribution in [0.15, 0.2) is 48.8 Å². The van der Waals surface area contributed by atoms with E-state index < -0.39 is 5.60 Å². The fourth-order valence-corrected chi connectivity index (χ4v) is 5.10. The Morgan fingerprint density at radius 3 is 2.54 bits per heavy atom. The molecular formula is C29H41N5O3. The maximum atomic E-state index is 12.4. The van der Waals surface area contributed by atoms with Gasteiger partial charge < -0.3 is 19.9 Å². The van der Waals surface area contributed by atoms with Gasteiger partial charge in [-0.3, -0.25) is 9.88 Å². The monoisotopic (exact) mass is 507 g/mol. The summed E-state index contributed by atoms with van der Waals surface area (Å²) in [4.78, 5) is 34.6. The number of carbonyl (C=O) groups is 2. The van der Waals surface area contributed by atoms with Gasteiger partial charge >= 0.3 is 12.1 Å². The summed E-state index contributed by atoms with van der Waals surface area (Å²) in [5.41, 5.74) is 3.08. The number of likely N-dealkylation sites (tertiary alicyclic amines) is 1. The maximum Gasteiger partial charge on any atom is 0.410 e. The SMILES string of the molecule is CN(C(=O)NCCCCCCC1CN(C2CN(C(=O)OC(C)(C)C)C2)c2ccccc21)c1cccnc1. The Morgan fingerprint density at radius 1 is 1.05 bits per heavy atom. The van der Waals surface area contributed by atoms with Crippen molar-refractivity contribution in [1.29, 1.82) is 0 Å². The van der Waals surface area contributed by atoms with E-state index in [2.05, 4.69) is 39.5 Å². The van der Waals surface area contributed by atoms with Crippen LogP contribution in [0.25, 0.3) is 0 Å². The zero-order valence-corrected chi connectivity index (χ0v) is 22.7. The number of hydrogen-bond acceptors (Lipinski definition) is 5. The molecule has 200 valence electrons. The number of ether oxygens (including phenoxy) is 1. The lowest BCUT2D eigenvalue weighted by Gasteiger charge is -2.45. The highest BCUT2D eigenvalue weighted by Crippen LogP contribution is 2.41. The van der Waals surface area contributed by atoms with Crippen molar-refractivity contribution in [1.82, 2.24) is 15.2 Å². The van der Waals surface area contributed by atoms with Crippen LogP contribution in [0.5, 0.6) is 0 Å². The van der Waals surface area contributed by atoms with Crippen LogP contribution < -0.4 is 15.1 Å². The summed E-state index contributed by atoms with van der Waals surface area (Å²) >= 11 is 0. The minimum absolute atomic E-state index is 0.100. The number of carbonyl (C=O) groups excluding carboxylic acids is 2. The second-order valence-electron chi connectivity index (χ2n) is 11.2.